The van der Waals surface area contributed by atoms with E-state index in [-0.39, 0.29) is 0 Å². The van der Waals surface area contributed by atoms with E-state index < -0.39 is 45.3 Å². The van der Waals surface area contributed by atoms with Gasteiger partial charge in [0, 0.05) is 0 Å². The molecule has 7 nitrogen and oxygen atoms in total. The summed E-state index contributed by atoms with van der Waals surface area (Å²) < 4.78 is 30.2. The maximum atomic E-state index is 10.8. The van der Waals surface area contributed by atoms with Gasteiger partial charge in [0.1, 0.15) is 0 Å². The maximum absolute atomic E-state index is 10.8. The number of carboxylic acids is 2. The van der Waals surface area contributed by atoms with Gasteiger partial charge in [-0.1, -0.05) is 0 Å². The van der Waals surface area contributed by atoms with Crippen molar-refractivity contribution in [2.75, 3.05) is 6.16 Å². The molecule has 0 aliphatic carbocycles. The Morgan fingerprint density at radius 2 is 1.03 bits per heavy atom. The van der Waals surface area contributed by atoms with Crippen molar-refractivity contribution < 1.29 is 32.8 Å². The molecule has 0 aliphatic heterocycles. The van der Waals surface area contributed by atoms with E-state index in [1.54, 1.807) is 0 Å². The molecular formula is C30H31O7PS. The van der Waals surface area contributed by atoms with Crippen LogP contribution in [0.25, 0.3) is 0 Å². The Morgan fingerprint density at radius 3 is 1.31 bits per heavy atom. The summed E-state index contributed by atoms with van der Waals surface area (Å²) in [7, 11) is -6.59. The van der Waals surface area contributed by atoms with Crippen molar-refractivity contribution >= 4 is 45.2 Å². The third kappa shape index (κ3) is 7.39. The third-order valence-electron chi connectivity index (χ3n) is 6.40. The van der Waals surface area contributed by atoms with Gasteiger partial charge in [-0.05, 0) is 18.2 Å². The minimum absolute atomic E-state index is 0.535. The van der Waals surface area contributed by atoms with Gasteiger partial charge in [-0.25, -0.2) is 9.59 Å². The van der Waals surface area contributed by atoms with E-state index in [4.69, 9.17) is 14.8 Å². The number of carboxylic acid groups (broad SMARTS) is 2. The molecule has 0 amide bonds. The van der Waals surface area contributed by atoms with Gasteiger partial charge in [0.2, 0.25) is 0 Å². The Morgan fingerprint density at radius 1 is 0.667 bits per heavy atom. The first-order chi connectivity index (χ1) is 18.6. The predicted molar refractivity (Wildman–Crippen MR) is 156 cm³/mol. The molecule has 4 aromatic carbocycles. The normalized spacial score (nSPS) is 11.6. The van der Waals surface area contributed by atoms with E-state index in [0.717, 1.165) is 6.07 Å². The van der Waals surface area contributed by atoms with Crippen molar-refractivity contribution in [2.45, 2.75) is 24.7 Å². The molecule has 204 valence electrons. The number of rotatable bonds is 9. The summed E-state index contributed by atoms with van der Waals surface area (Å²) in [4.78, 5) is 20.4. The first-order valence-electron chi connectivity index (χ1n) is 12.4. The molecule has 0 aliphatic rings. The topological polar surface area (TPSA) is 129 Å². The summed E-state index contributed by atoms with van der Waals surface area (Å²) in [6.07, 6.45) is 3.77. The summed E-state index contributed by atoms with van der Waals surface area (Å²) in [5, 5.41) is 21.8. The van der Waals surface area contributed by atoms with Gasteiger partial charge >= 0.3 is 152 Å². The van der Waals surface area contributed by atoms with E-state index >= 15 is 0 Å². The van der Waals surface area contributed by atoms with Crippen LogP contribution in [0.5, 0.6) is 0 Å². The second kappa shape index (κ2) is 13.3. The van der Waals surface area contributed by atoms with Crippen LogP contribution < -0.4 is 15.9 Å². The van der Waals surface area contributed by atoms with Crippen LogP contribution >= 0.6 is 7.26 Å². The fourth-order valence-corrected chi connectivity index (χ4v) is 10.1. The molecule has 0 aromatic heterocycles. The molecule has 0 fully saturated rings. The average Bonchev–Trinajstić information content (AvgIpc) is 2.95. The largest absolute Gasteiger partial charge is 0.478 e. The molecule has 0 saturated heterocycles. The number of hydrogen-bond acceptors (Lipinski definition) is 4. The Bertz CT molecular complexity index is 1380. The smallest absolute Gasteiger partial charge is 0.335 e. The van der Waals surface area contributed by atoms with Gasteiger partial charge in [0.15, 0.2) is 0 Å². The molecule has 0 bridgehead atoms. The first-order valence-corrected chi connectivity index (χ1v) is 16.0. The van der Waals surface area contributed by atoms with Crippen LogP contribution in [0.15, 0.2) is 114 Å². The molecule has 39 heavy (non-hydrogen) atoms. The van der Waals surface area contributed by atoms with Gasteiger partial charge in [0.25, 0.3) is 10.1 Å². The summed E-state index contributed by atoms with van der Waals surface area (Å²) in [6, 6.07) is 35.7. The van der Waals surface area contributed by atoms with Crippen LogP contribution in [0, 0.1) is 0 Å². The van der Waals surface area contributed by atoms with Crippen molar-refractivity contribution in [3.05, 3.63) is 120 Å². The van der Waals surface area contributed by atoms with Crippen molar-refractivity contribution in [1.82, 2.24) is 0 Å². The quantitative estimate of drug-likeness (QED) is 0.195. The Labute approximate surface area is 228 Å². The summed E-state index contributed by atoms with van der Waals surface area (Å²) >= 11 is 0. The SMILES string of the molecule is CCCC[PH](c1ccccc1)(c1ccccc1)c1ccccc1.O=C(O)c1cc(C(=O)O)cc(S(=O)(=O)O)c1. The molecular weight excluding hydrogens is 535 g/mol. The van der Waals surface area contributed by atoms with Gasteiger partial charge in [-0.15, -0.1) is 0 Å². The van der Waals surface area contributed by atoms with Gasteiger partial charge < -0.3 is 10.2 Å². The molecule has 0 radical (unpaired) electrons. The zero-order valence-corrected chi connectivity index (χ0v) is 23.2. The number of carbonyl (C=O) groups is 2. The number of hydrogen-bond donors (Lipinski definition) is 3. The molecule has 0 spiro atoms. The van der Waals surface area contributed by atoms with Crippen LogP contribution in [0.1, 0.15) is 40.5 Å². The van der Waals surface area contributed by atoms with Crippen LogP contribution in [0.3, 0.4) is 0 Å². The Balaban J connectivity index is 0.000000231. The van der Waals surface area contributed by atoms with Crippen molar-refractivity contribution in [1.29, 1.82) is 0 Å². The maximum Gasteiger partial charge on any atom is 0.335 e. The molecule has 9 heteroatoms. The van der Waals surface area contributed by atoms with E-state index in [0.29, 0.717) is 12.1 Å². The van der Waals surface area contributed by atoms with Crippen LogP contribution in [0.4, 0.5) is 0 Å². The summed E-state index contributed by atoms with van der Waals surface area (Å²) in [5.74, 6) is -2.99. The Hall–Kier alpha value is -3.84. The molecule has 4 rings (SSSR count). The van der Waals surface area contributed by atoms with E-state index in [2.05, 4.69) is 97.9 Å². The molecule has 0 saturated carbocycles. The fraction of sp³-hybridized carbons (Fsp3) is 0.133. The molecule has 0 atom stereocenters. The van der Waals surface area contributed by atoms with Gasteiger partial charge in [0.05, 0.1) is 16.0 Å². The second-order valence-corrected chi connectivity index (χ2v) is 14.4. The van der Waals surface area contributed by atoms with Crippen LogP contribution in [-0.4, -0.2) is 41.3 Å². The van der Waals surface area contributed by atoms with Crippen molar-refractivity contribution in [3.63, 3.8) is 0 Å². The second-order valence-electron chi connectivity index (χ2n) is 8.94. The number of unbranched alkanes of at least 4 members (excludes halogenated alkanes) is 1. The predicted octanol–water partition coefficient (Wildman–Crippen LogP) is 4.84. The van der Waals surface area contributed by atoms with E-state index in [9.17, 15) is 18.0 Å². The zero-order valence-electron chi connectivity index (χ0n) is 21.4. The van der Waals surface area contributed by atoms with Crippen LogP contribution in [0.2, 0.25) is 0 Å². The summed E-state index contributed by atoms with van der Waals surface area (Å²) in [5.41, 5.74) is -1.07. The summed E-state index contributed by atoms with van der Waals surface area (Å²) in [6.45, 7) is 2.29. The standard InChI is InChI=1S/C22H25P.C8H6O7S/c1-2-3-19-23(20-13-7-4-8-14-20,21-15-9-5-10-16-21)22-17-11-6-12-18-22;9-7(10)4-1-5(8(11)12)3-6(2-4)16(13,14)15/h4-18,23H,2-3,19H2,1H3;1-3H,(H,9,10)(H,11,12)(H,13,14,15). The first kappa shape index (κ1) is 29.7. The molecule has 3 N–H and O–H groups in total. The van der Waals surface area contributed by atoms with Gasteiger partial charge in [-0.3, -0.25) is 4.55 Å². The van der Waals surface area contributed by atoms with Gasteiger partial charge in [-0.2, -0.15) is 8.42 Å². The molecule has 0 heterocycles. The molecule has 4 aromatic rings. The average molecular weight is 567 g/mol. The molecule has 0 unspecified atom stereocenters. The number of benzene rings is 4. The fourth-order valence-electron chi connectivity index (χ4n) is 4.54. The van der Waals surface area contributed by atoms with Crippen LogP contribution in [-0.2, 0) is 10.1 Å². The number of aromatic carboxylic acids is 2. The zero-order chi connectivity index (χ0) is 28.5. The van der Waals surface area contributed by atoms with Crippen molar-refractivity contribution in [3.8, 4) is 0 Å². The van der Waals surface area contributed by atoms with Crippen molar-refractivity contribution in [2.24, 2.45) is 0 Å². The monoisotopic (exact) mass is 566 g/mol. The third-order valence-corrected chi connectivity index (χ3v) is 12.3. The minimum atomic E-state index is -4.64. The minimum Gasteiger partial charge on any atom is -0.478 e. The Kier molecular flexibility index (Phi) is 10.1. The van der Waals surface area contributed by atoms with E-state index in [1.165, 1.54) is 34.9 Å². The van der Waals surface area contributed by atoms with E-state index in [1.807, 2.05) is 0 Å².